The summed E-state index contributed by atoms with van der Waals surface area (Å²) >= 11 is 0. The zero-order chi connectivity index (χ0) is 19.4. The Bertz CT molecular complexity index is 909. The topological polar surface area (TPSA) is 66.5 Å². The number of rotatable bonds is 5. The summed E-state index contributed by atoms with van der Waals surface area (Å²) in [6.45, 7) is 0.482. The minimum atomic E-state index is -3.53. The predicted molar refractivity (Wildman–Crippen MR) is 98.4 cm³/mol. The highest BCUT2D eigenvalue weighted by Crippen LogP contribution is 2.23. The number of carbonyl (C=O) groups is 1. The highest BCUT2D eigenvalue weighted by molar-refractivity contribution is 7.88. The summed E-state index contributed by atoms with van der Waals surface area (Å²) in [4.78, 5) is 12.3. The molecule has 1 saturated heterocycles. The molecule has 3 rings (SSSR count). The van der Waals surface area contributed by atoms with Gasteiger partial charge in [0.2, 0.25) is 15.9 Å². The molecule has 0 aromatic heterocycles. The van der Waals surface area contributed by atoms with Gasteiger partial charge in [0.25, 0.3) is 0 Å². The van der Waals surface area contributed by atoms with Crippen molar-refractivity contribution in [2.24, 2.45) is 5.92 Å². The van der Waals surface area contributed by atoms with Crippen LogP contribution in [0.1, 0.15) is 18.4 Å². The van der Waals surface area contributed by atoms with Crippen molar-refractivity contribution >= 4 is 21.6 Å². The van der Waals surface area contributed by atoms with E-state index in [0.29, 0.717) is 24.1 Å². The molecule has 1 heterocycles. The zero-order valence-corrected chi connectivity index (χ0v) is 15.4. The fourth-order valence-electron chi connectivity index (χ4n) is 3.09. The summed E-state index contributed by atoms with van der Waals surface area (Å²) < 4.78 is 52.6. The molecule has 27 heavy (non-hydrogen) atoms. The number of piperidine rings is 1. The van der Waals surface area contributed by atoms with Crippen molar-refractivity contribution in [1.29, 1.82) is 0 Å². The standard InChI is InChI=1S/C19H20F2N2O3S/c20-16-6-4-14(5-7-16)13-27(25,26)23-10-8-15(9-11-23)19(24)22-18-3-1-2-17(21)12-18/h1-7,12,15H,8-11,13H2,(H,22,24). The molecule has 0 aliphatic carbocycles. The van der Waals surface area contributed by atoms with E-state index in [0.717, 1.165) is 0 Å². The van der Waals surface area contributed by atoms with E-state index in [1.807, 2.05) is 0 Å². The number of nitrogens with one attached hydrogen (secondary N) is 1. The lowest BCUT2D eigenvalue weighted by atomic mass is 9.97. The molecule has 0 spiro atoms. The van der Waals surface area contributed by atoms with Crippen LogP contribution in [0.25, 0.3) is 0 Å². The number of carbonyl (C=O) groups excluding carboxylic acids is 1. The Morgan fingerprint density at radius 1 is 1.04 bits per heavy atom. The second-order valence-electron chi connectivity index (χ2n) is 6.56. The van der Waals surface area contributed by atoms with Gasteiger partial charge in [0.15, 0.2) is 0 Å². The lowest BCUT2D eigenvalue weighted by Gasteiger charge is -2.30. The summed E-state index contributed by atoms with van der Waals surface area (Å²) in [5.74, 6) is -1.62. The van der Waals surface area contributed by atoms with Crippen molar-refractivity contribution in [3.05, 3.63) is 65.7 Å². The molecule has 0 radical (unpaired) electrons. The van der Waals surface area contributed by atoms with Gasteiger partial charge in [0, 0.05) is 24.7 Å². The lowest BCUT2D eigenvalue weighted by Crippen LogP contribution is -2.41. The first kappa shape index (κ1) is 19.4. The second-order valence-corrected chi connectivity index (χ2v) is 8.52. The van der Waals surface area contributed by atoms with Gasteiger partial charge in [-0.05, 0) is 48.7 Å². The van der Waals surface area contributed by atoms with E-state index in [4.69, 9.17) is 0 Å². The van der Waals surface area contributed by atoms with Crippen LogP contribution in [-0.2, 0) is 20.6 Å². The molecular formula is C19H20F2N2O3S. The van der Waals surface area contributed by atoms with E-state index in [2.05, 4.69) is 5.32 Å². The van der Waals surface area contributed by atoms with E-state index in [9.17, 15) is 22.0 Å². The Hall–Kier alpha value is -2.32. The average molecular weight is 394 g/mol. The maximum atomic E-state index is 13.2. The molecule has 1 amide bonds. The predicted octanol–water partition coefficient (Wildman–Crippen LogP) is 3.15. The number of amides is 1. The van der Waals surface area contributed by atoms with E-state index in [1.54, 1.807) is 6.07 Å². The van der Waals surface area contributed by atoms with Crippen LogP contribution in [0.3, 0.4) is 0 Å². The van der Waals surface area contributed by atoms with Crippen LogP contribution < -0.4 is 5.32 Å². The normalized spacial score (nSPS) is 16.2. The molecule has 8 heteroatoms. The third kappa shape index (κ3) is 5.11. The van der Waals surface area contributed by atoms with E-state index in [1.165, 1.54) is 46.8 Å². The van der Waals surface area contributed by atoms with Gasteiger partial charge in [-0.2, -0.15) is 0 Å². The molecule has 5 nitrogen and oxygen atoms in total. The van der Waals surface area contributed by atoms with Crippen molar-refractivity contribution in [1.82, 2.24) is 4.31 Å². The fraction of sp³-hybridized carbons (Fsp3) is 0.316. The lowest BCUT2D eigenvalue weighted by molar-refractivity contribution is -0.120. The van der Waals surface area contributed by atoms with Crippen LogP contribution >= 0.6 is 0 Å². The van der Waals surface area contributed by atoms with Crippen molar-refractivity contribution in [2.75, 3.05) is 18.4 Å². The van der Waals surface area contributed by atoms with Crippen LogP contribution in [0.5, 0.6) is 0 Å². The molecule has 0 atom stereocenters. The van der Waals surface area contributed by atoms with Crippen LogP contribution in [0.4, 0.5) is 14.5 Å². The summed E-state index contributed by atoms with van der Waals surface area (Å²) in [6, 6.07) is 11.0. The summed E-state index contributed by atoms with van der Waals surface area (Å²) in [7, 11) is -3.53. The molecule has 1 N–H and O–H groups in total. The molecule has 1 aliphatic heterocycles. The Morgan fingerprint density at radius 2 is 1.70 bits per heavy atom. The molecule has 0 bridgehead atoms. The SMILES string of the molecule is O=C(Nc1cccc(F)c1)C1CCN(S(=O)(=O)Cc2ccc(F)cc2)CC1. The largest absolute Gasteiger partial charge is 0.326 e. The van der Waals surface area contributed by atoms with Gasteiger partial charge >= 0.3 is 0 Å². The number of hydrogen-bond donors (Lipinski definition) is 1. The van der Waals surface area contributed by atoms with E-state index >= 15 is 0 Å². The summed E-state index contributed by atoms with van der Waals surface area (Å²) in [5.41, 5.74) is 0.897. The Kier molecular flexibility index (Phi) is 5.86. The molecule has 0 saturated carbocycles. The Balaban J connectivity index is 1.56. The van der Waals surface area contributed by atoms with Crippen molar-refractivity contribution in [3.63, 3.8) is 0 Å². The van der Waals surface area contributed by atoms with Crippen LogP contribution in [0.2, 0.25) is 0 Å². The van der Waals surface area contributed by atoms with Crippen molar-refractivity contribution in [2.45, 2.75) is 18.6 Å². The molecule has 2 aromatic rings. The smallest absolute Gasteiger partial charge is 0.227 e. The first-order valence-electron chi connectivity index (χ1n) is 8.62. The van der Waals surface area contributed by atoms with Gasteiger partial charge in [-0.15, -0.1) is 0 Å². The van der Waals surface area contributed by atoms with Crippen LogP contribution in [-0.4, -0.2) is 31.7 Å². The Morgan fingerprint density at radius 3 is 2.33 bits per heavy atom. The number of sulfonamides is 1. The first-order valence-corrected chi connectivity index (χ1v) is 10.2. The first-order chi connectivity index (χ1) is 12.8. The zero-order valence-electron chi connectivity index (χ0n) is 14.6. The van der Waals surface area contributed by atoms with Crippen LogP contribution in [0.15, 0.2) is 48.5 Å². The highest BCUT2D eigenvalue weighted by atomic mass is 32.2. The summed E-state index contributed by atoms with van der Waals surface area (Å²) in [5, 5.41) is 2.67. The minimum Gasteiger partial charge on any atom is -0.326 e. The maximum absolute atomic E-state index is 13.2. The monoisotopic (exact) mass is 394 g/mol. The van der Waals surface area contributed by atoms with Gasteiger partial charge in [0.1, 0.15) is 11.6 Å². The van der Waals surface area contributed by atoms with Gasteiger partial charge in [-0.25, -0.2) is 21.5 Å². The van der Waals surface area contributed by atoms with Gasteiger partial charge in [0.05, 0.1) is 5.75 Å². The minimum absolute atomic E-state index is 0.201. The number of nitrogens with zero attached hydrogens (tertiary/aromatic N) is 1. The van der Waals surface area contributed by atoms with E-state index in [-0.39, 0.29) is 30.7 Å². The van der Waals surface area contributed by atoms with Gasteiger partial charge in [-0.1, -0.05) is 18.2 Å². The number of benzene rings is 2. The average Bonchev–Trinajstić information content (AvgIpc) is 2.63. The molecule has 2 aromatic carbocycles. The quantitative estimate of drug-likeness (QED) is 0.847. The molecule has 1 aliphatic rings. The van der Waals surface area contributed by atoms with Crippen LogP contribution in [0, 0.1) is 17.6 Å². The van der Waals surface area contributed by atoms with Crippen molar-refractivity contribution < 1.29 is 22.0 Å². The molecule has 0 unspecified atom stereocenters. The van der Waals surface area contributed by atoms with Crippen molar-refractivity contribution in [3.8, 4) is 0 Å². The van der Waals surface area contributed by atoms with E-state index < -0.39 is 21.7 Å². The summed E-state index contributed by atoms with van der Waals surface area (Å²) in [6.07, 6.45) is 0.785. The Labute approximate surface area is 157 Å². The molecule has 1 fully saturated rings. The highest BCUT2D eigenvalue weighted by Gasteiger charge is 2.31. The molecule has 144 valence electrons. The maximum Gasteiger partial charge on any atom is 0.227 e. The third-order valence-electron chi connectivity index (χ3n) is 4.57. The van der Waals surface area contributed by atoms with Gasteiger partial charge < -0.3 is 5.32 Å². The number of halogens is 2. The number of anilines is 1. The number of hydrogen-bond acceptors (Lipinski definition) is 3. The van der Waals surface area contributed by atoms with Gasteiger partial charge in [-0.3, -0.25) is 4.79 Å². The third-order valence-corrected chi connectivity index (χ3v) is 6.42. The second kappa shape index (κ2) is 8.14. The fourth-order valence-corrected chi connectivity index (χ4v) is 4.65. The molecular weight excluding hydrogens is 374 g/mol.